The minimum Gasteiger partial charge on any atom is -0.464 e. The van der Waals surface area contributed by atoms with E-state index in [2.05, 4.69) is 11.9 Å². The van der Waals surface area contributed by atoms with Crippen molar-refractivity contribution in [3.63, 3.8) is 0 Å². The molecule has 0 rings (SSSR count). The van der Waals surface area contributed by atoms with E-state index in [1.165, 1.54) is 17.7 Å². The molecule has 0 fully saturated rings. The Kier molecular flexibility index (Phi) is 9.22. The predicted octanol–water partition coefficient (Wildman–Crippen LogP) is 1.62. The van der Waals surface area contributed by atoms with E-state index >= 15 is 0 Å². The van der Waals surface area contributed by atoms with Gasteiger partial charge in [0.25, 0.3) is 0 Å². The Morgan fingerprint density at radius 2 is 2.19 bits per heavy atom. The van der Waals surface area contributed by atoms with E-state index in [4.69, 9.17) is 4.74 Å². The topological polar surface area (TPSA) is 55.4 Å². The second-order valence-electron chi connectivity index (χ2n) is 2.86. The number of hydrogen-bond donors (Lipinski definition) is 1. The molecule has 16 heavy (non-hydrogen) atoms. The van der Waals surface area contributed by atoms with Crippen molar-refractivity contribution in [2.45, 2.75) is 19.9 Å². The summed E-state index contributed by atoms with van der Waals surface area (Å²) in [6, 6.07) is -0.570. The zero-order chi connectivity index (χ0) is 12.4. The van der Waals surface area contributed by atoms with Crippen LogP contribution in [0.25, 0.3) is 0 Å². The highest BCUT2D eigenvalue weighted by Crippen LogP contribution is 2.22. The Labute approximate surface area is 104 Å². The number of carbonyl (C=O) groups is 2. The maximum Gasteiger partial charge on any atom is 0.329 e. The first-order valence-corrected chi connectivity index (χ1v) is 7.39. The van der Waals surface area contributed by atoms with Crippen LogP contribution in [0.1, 0.15) is 13.8 Å². The van der Waals surface area contributed by atoms with Gasteiger partial charge in [-0.25, -0.2) is 4.79 Å². The lowest BCUT2D eigenvalue weighted by Gasteiger charge is -2.15. The monoisotopic (exact) mass is 263 g/mol. The first kappa shape index (κ1) is 15.4. The molecule has 0 spiro atoms. The number of rotatable bonds is 8. The van der Waals surface area contributed by atoms with Crippen molar-refractivity contribution in [3.8, 4) is 0 Å². The summed E-state index contributed by atoms with van der Waals surface area (Å²) in [5.74, 6) is 0.689. The van der Waals surface area contributed by atoms with Crippen LogP contribution in [-0.4, -0.2) is 36.0 Å². The average Bonchev–Trinajstić information content (AvgIpc) is 2.22. The molecule has 0 saturated carbocycles. The first-order chi connectivity index (χ1) is 7.61. The molecule has 0 heterocycles. The average molecular weight is 263 g/mol. The van der Waals surface area contributed by atoms with Gasteiger partial charge >= 0.3 is 5.97 Å². The summed E-state index contributed by atoms with van der Waals surface area (Å²) in [7, 11) is 3.10. The third-order valence-electron chi connectivity index (χ3n) is 1.45. The van der Waals surface area contributed by atoms with Crippen molar-refractivity contribution in [3.05, 3.63) is 12.7 Å². The molecule has 1 amide bonds. The standard InChI is InChI=1S/C10H17NO3S2/c1-4-6-15-16-7-9(11-8(3)12)10(13)14-5-2/h4,9H,1,5-7H2,2-3H3,(H,11,12). The fourth-order valence-electron chi connectivity index (χ4n) is 0.869. The minimum absolute atomic E-state index is 0.229. The van der Waals surface area contributed by atoms with E-state index in [1.54, 1.807) is 23.8 Å². The molecule has 0 aliphatic carbocycles. The Morgan fingerprint density at radius 1 is 1.50 bits per heavy atom. The molecule has 1 unspecified atom stereocenters. The summed E-state index contributed by atoms with van der Waals surface area (Å²) in [6.45, 7) is 7.03. The van der Waals surface area contributed by atoms with E-state index < -0.39 is 6.04 Å². The van der Waals surface area contributed by atoms with Gasteiger partial charge < -0.3 is 10.1 Å². The van der Waals surface area contributed by atoms with E-state index in [0.717, 1.165) is 5.75 Å². The van der Waals surface area contributed by atoms with Gasteiger partial charge in [-0.15, -0.1) is 6.58 Å². The van der Waals surface area contributed by atoms with Crippen LogP contribution in [0.3, 0.4) is 0 Å². The van der Waals surface area contributed by atoms with Gasteiger partial charge in [-0.3, -0.25) is 4.79 Å². The number of nitrogens with one attached hydrogen (secondary N) is 1. The van der Waals surface area contributed by atoms with Crippen LogP contribution in [0.4, 0.5) is 0 Å². The van der Waals surface area contributed by atoms with Crippen molar-refractivity contribution in [1.82, 2.24) is 5.32 Å². The molecule has 0 aliphatic rings. The zero-order valence-corrected chi connectivity index (χ0v) is 11.2. The molecule has 0 bridgehead atoms. The molecular formula is C10H17NO3S2. The van der Waals surface area contributed by atoms with Gasteiger partial charge in [-0.2, -0.15) is 0 Å². The molecule has 1 N–H and O–H groups in total. The fourth-order valence-corrected chi connectivity index (χ4v) is 2.79. The maximum absolute atomic E-state index is 11.5. The number of esters is 1. The highest BCUT2D eigenvalue weighted by Gasteiger charge is 2.20. The smallest absolute Gasteiger partial charge is 0.329 e. The van der Waals surface area contributed by atoms with Crippen molar-refractivity contribution in [2.75, 3.05) is 18.1 Å². The van der Waals surface area contributed by atoms with Crippen LogP contribution in [-0.2, 0) is 14.3 Å². The Morgan fingerprint density at radius 3 is 2.69 bits per heavy atom. The first-order valence-electron chi connectivity index (χ1n) is 4.90. The molecule has 0 aliphatic heterocycles. The lowest BCUT2D eigenvalue weighted by atomic mass is 10.3. The van der Waals surface area contributed by atoms with Gasteiger partial charge in [0, 0.05) is 18.4 Å². The van der Waals surface area contributed by atoms with Crippen molar-refractivity contribution in [1.29, 1.82) is 0 Å². The number of carbonyl (C=O) groups excluding carboxylic acids is 2. The zero-order valence-electron chi connectivity index (χ0n) is 9.52. The third-order valence-corrected chi connectivity index (χ3v) is 3.78. The highest BCUT2D eigenvalue weighted by molar-refractivity contribution is 8.76. The Bertz CT molecular complexity index is 246. The van der Waals surface area contributed by atoms with E-state index in [-0.39, 0.29) is 11.9 Å². The van der Waals surface area contributed by atoms with Gasteiger partial charge in [-0.1, -0.05) is 27.7 Å². The predicted molar refractivity (Wildman–Crippen MR) is 69.4 cm³/mol. The van der Waals surface area contributed by atoms with Gasteiger partial charge in [0.05, 0.1) is 6.61 Å². The molecule has 4 nitrogen and oxygen atoms in total. The fraction of sp³-hybridized carbons (Fsp3) is 0.600. The van der Waals surface area contributed by atoms with Crippen LogP contribution in [0.5, 0.6) is 0 Å². The van der Waals surface area contributed by atoms with Crippen LogP contribution in [0, 0.1) is 0 Å². The second kappa shape index (κ2) is 9.59. The lowest BCUT2D eigenvalue weighted by molar-refractivity contribution is -0.146. The van der Waals surface area contributed by atoms with Gasteiger partial charge in [0.1, 0.15) is 6.04 Å². The molecule has 6 heteroatoms. The maximum atomic E-state index is 11.5. The largest absolute Gasteiger partial charge is 0.464 e. The molecule has 0 radical (unpaired) electrons. The van der Waals surface area contributed by atoms with Crippen LogP contribution >= 0.6 is 21.6 Å². The minimum atomic E-state index is -0.570. The van der Waals surface area contributed by atoms with Gasteiger partial charge in [-0.05, 0) is 6.92 Å². The molecule has 0 aromatic heterocycles. The lowest BCUT2D eigenvalue weighted by Crippen LogP contribution is -2.42. The number of hydrogen-bond acceptors (Lipinski definition) is 5. The summed E-state index contributed by atoms with van der Waals surface area (Å²) in [5, 5.41) is 2.57. The third kappa shape index (κ3) is 7.64. The molecule has 0 aromatic carbocycles. The Balaban J connectivity index is 4.04. The van der Waals surface area contributed by atoms with Crippen LogP contribution in [0.15, 0.2) is 12.7 Å². The molecule has 0 saturated heterocycles. The van der Waals surface area contributed by atoms with E-state index in [1.807, 2.05) is 0 Å². The summed E-state index contributed by atoms with van der Waals surface area (Å²) in [5.41, 5.74) is 0. The van der Waals surface area contributed by atoms with Crippen molar-refractivity contribution in [2.24, 2.45) is 0 Å². The molecule has 0 aromatic rings. The number of ether oxygens (including phenoxy) is 1. The summed E-state index contributed by atoms with van der Waals surface area (Å²) in [4.78, 5) is 22.4. The summed E-state index contributed by atoms with van der Waals surface area (Å²) < 4.78 is 4.87. The highest BCUT2D eigenvalue weighted by atomic mass is 33.1. The quantitative estimate of drug-likeness (QED) is 0.312. The van der Waals surface area contributed by atoms with Gasteiger partial charge in [0.2, 0.25) is 5.91 Å². The molecular weight excluding hydrogens is 246 g/mol. The Hall–Kier alpha value is -0.620. The normalized spacial score (nSPS) is 11.6. The molecule has 92 valence electrons. The summed E-state index contributed by atoms with van der Waals surface area (Å²) >= 11 is 0. The second-order valence-corrected chi connectivity index (χ2v) is 5.42. The van der Waals surface area contributed by atoms with Crippen molar-refractivity contribution >= 4 is 33.5 Å². The van der Waals surface area contributed by atoms with E-state index in [0.29, 0.717) is 12.4 Å². The van der Waals surface area contributed by atoms with Gasteiger partial charge in [0.15, 0.2) is 0 Å². The summed E-state index contributed by atoms with van der Waals surface area (Å²) in [6.07, 6.45) is 1.79. The SMILES string of the molecule is C=CCSSCC(NC(C)=O)C(=O)OCC. The molecule has 1 atom stereocenters. The van der Waals surface area contributed by atoms with Crippen molar-refractivity contribution < 1.29 is 14.3 Å². The van der Waals surface area contributed by atoms with Crippen LogP contribution in [0.2, 0.25) is 0 Å². The number of amides is 1. The van der Waals surface area contributed by atoms with E-state index in [9.17, 15) is 9.59 Å². The van der Waals surface area contributed by atoms with Crippen LogP contribution < -0.4 is 5.32 Å².